The fraction of sp³-hybridized carbons (Fsp3) is 0.300. The Labute approximate surface area is 88.0 Å². The van der Waals surface area contributed by atoms with E-state index in [2.05, 4.69) is 16.1 Å². The largest absolute Gasteiger partial charge is 0.326 e. The van der Waals surface area contributed by atoms with Gasteiger partial charge in [-0.3, -0.25) is 10.6 Å². The second kappa shape index (κ2) is 3.98. The van der Waals surface area contributed by atoms with Crippen molar-refractivity contribution < 1.29 is 4.79 Å². The van der Waals surface area contributed by atoms with Crippen LogP contribution < -0.4 is 21.9 Å². The summed E-state index contributed by atoms with van der Waals surface area (Å²) in [5, 5.41) is 5.82. The number of carbonyl (C=O) groups is 1. The van der Waals surface area contributed by atoms with Crippen molar-refractivity contribution >= 4 is 11.6 Å². The SMILES string of the molecule is CNC(NN)c1ccc2c(c1)CC(=O)N2. The summed E-state index contributed by atoms with van der Waals surface area (Å²) in [6.45, 7) is 0. The van der Waals surface area contributed by atoms with E-state index < -0.39 is 0 Å². The van der Waals surface area contributed by atoms with Crippen LogP contribution in [0, 0.1) is 0 Å². The van der Waals surface area contributed by atoms with Crippen LogP contribution in [0.25, 0.3) is 0 Å². The normalized spacial score (nSPS) is 16.0. The van der Waals surface area contributed by atoms with Crippen molar-refractivity contribution in [2.45, 2.75) is 12.6 Å². The third-order valence-corrected chi connectivity index (χ3v) is 2.54. The zero-order chi connectivity index (χ0) is 10.8. The summed E-state index contributed by atoms with van der Waals surface area (Å²) in [6, 6.07) is 5.82. The van der Waals surface area contributed by atoms with E-state index in [4.69, 9.17) is 5.84 Å². The summed E-state index contributed by atoms with van der Waals surface area (Å²) in [5.41, 5.74) is 5.60. The molecule has 1 aromatic rings. The van der Waals surface area contributed by atoms with Gasteiger partial charge in [0.1, 0.15) is 0 Å². The predicted octanol–water partition coefficient (Wildman–Crippen LogP) is -0.137. The maximum absolute atomic E-state index is 11.2. The van der Waals surface area contributed by atoms with Crippen LogP contribution in [0.2, 0.25) is 0 Å². The maximum atomic E-state index is 11.2. The van der Waals surface area contributed by atoms with Crippen LogP contribution in [0.3, 0.4) is 0 Å². The number of nitrogens with one attached hydrogen (secondary N) is 3. The fourth-order valence-electron chi connectivity index (χ4n) is 1.78. The van der Waals surface area contributed by atoms with E-state index in [0.717, 1.165) is 16.8 Å². The van der Waals surface area contributed by atoms with Crippen LogP contribution in [-0.4, -0.2) is 13.0 Å². The lowest BCUT2D eigenvalue weighted by Crippen LogP contribution is -2.36. The van der Waals surface area contributed by atoms with Gasteiger partial charge in [-0.1, -0.05) is 12.1 Å². The van der Waals surface area contributed by atoms with Crippen molar-refractivity contribution in [1.29, 1.82) is 0 Å². The highest BCUT2D eigenvalue weighted by Crippen LogP contribution is 2.25. The van der Waals surface area contributed by atoms with Crippen LogP contribution in [-0.2, 0) is 11.2 Å². The van der Waals surface area contributed by atoms with Crippen molar-refractivity contribution in [2.24, 2.45) is 5.84 Å². The monoisotopic (exact) mass is 206 g/mol. The highest BCUT2D eigenvalue weighted by atomic mass is 16.1. The molecule has 1 aliphatic heterocycles. The first-order valence-corrected chi connectivity index (χ1v) is 4.80. The average Bonchev–Trinajstić information content (AvgIpc) is 2.59. The number of nitrogens with two attached hydrogens (primary N) is 1. The lowest BCUT2D eigenvalue weighted by atomic mass is 10.1. The quantitative estimate of drug-likeness (QED) is 0.315. The van der Waals surface area contributed by atoms with Gasteiger partial charge in [-0.25, -0.2) is 5.43 Å². The van der Waals surface area contributed by atoms with Crippen LogP contribution in [0.1, 0.15) is 17.3 Å². The first-order valence-electron chi connectivity index (χ1n) is 4.80. The minimum atomic E-state index is -0.0917. The van der Waals surface area contributed by atoms with Gasteiger partial charge in [-0.15, -0.1) is 0 Å². The second-order valence-electron chi connectivity index (χ2n) is 3.53. The van der Waals surface area contributed by atoms with E-state index in [-0.39, 0.29) is 12.1 Å². The van der Waals surface area contributed by atoms with Crippen molar-refractivity contribution in [3.05, 3.63) is 29.3 Å². The topological polar surface area (TPSA) is 79.2 Å². The van der Waals surface area contributed by atoms with Gasteiger partial charge in [0.2, 0.25) is 5.91 Å². The van der Waals surface area contributed by atoms with Crippen molar-refractivity contribution in [2.75, 3.05) is 12.4 Å². The molecule has 0 saturated heterocycles. The Morgan fingerprint density at radius 1 is 1.53 bits per heavy atom. The maximum Gasteiger partial charge on any atom is 0.228 e. The van der Waals surface area contributed by atoms with Crippen LogP contribution in [0.4, 0.5) is 5.69 Å². The molecule has 1 unspecified atom stereocenters. The number of hydrogen-bond acceptors (Lipinski definition) is 4. The lowest BCUT2D eigenvalue weighted by molar-refractivity contribution is -0.115. The first-order chi connectivity index (χ1) is 7.24. The van der Waals surface area contributed by atoms with Crippen molar-refractivity contribution in [3.63, 3.8) is 0 Å². The zero-order valence-corrected chi connectivity index (χ0v) is 8.50. The number of anilines is 1. The Morgan fingerprint density at radius 3 is 3.00 bits per heavy atom. The molecule has 0 spiro atoms. The summed E-state index contributed by atoms with van der Waals surface area (Å²) < 4.78 is 0. The predicted molar refractivity (Wildman–Crippen MR) is 57.9 cm³/mol. The van der Waals surface area contributed by atoms with Crippen molar-refractivity contribution in [1.82, 2.24) is 10.7 Å². The van der Waals surface area contributed by atoms with E-state index in [1.165, 1.54) is 0 Å². The van der Waals surface area contributed by atoms with Crippen LogP contribution >= 0.6 is 0 Å². The molecular weight excluding hydrogens is 192 g/mol. The highest BCUT2D eigenvalue weighted by molar-refractivity contribution is 5.99. The molecule has 0 aliphatic carbocycles. The number of fused-ring (bicyclic) bond motifs is 1. The van der Waals surface area contributed by atoms with Gasteiger partial charge in [-0.05, 0) is 24.2 Å². The Balaban J connectivity index is 2.30. The van der Waals surface area contributed by atoms with Gasteiger partial charge in [0.15, 0.2) is 0 Å². The Hall–Kier alpha value is -1.43. The molecule has 0 bridgehead atoms. The van der Waals surface area contributed by atoms with Gasteiger partial charge in [-0.2, -0.15) is 0 Å². The molecule has 80 valence electrons. The van der Waals surface area contributed by atoms with Gasteiger partial charge < -0.3 is 10.6 Å². The third kappa shape index (κ3) is 1.85. The first kappa shape index (κ1) is 10.1. The summed E-state index contributed by atoms with van der Waals surface area (Å²) in [6.07, 6.45) is 0.357. The second-order valence-corrected chi connectivity index (χ2v) is 3.53. The van der Waals surface area contributed by atoms with Gasteiger partial charge in [0.25, 0.3) is 0 Å². The summed E-state index contributed by atoms with van der Waals surface area (Å²) in [5.74, 6) is 5.44. The van der Waals surface area contributed by atoms with Gasteiger partial charge in [0.05, 0.1) is 12.6 Å². The summed E-state index contributed by atoms with van der Waals surface area (Å²) >= 11 is 0. The average molecular weight is 206 g/mol. The molecule has 1 atom stereocenters. The molecule has 1 heterocycles. The molecule has 0 aromatic heterocycles. The molecule has 5 N–H and O–H groups in total. The number of rotatable bonds is 3. The molecular formula is C10H14N4O. The molecule has 1 amide bonds. The third-order valence-electron chi connectivity index (χ3n) is 2.54. The molecule has 15 heavy (non-hydrogen) atoms. The number of carbonyl (C=O) groups excluding carboxylic acids is 1. The molecule has 1 aliphatic rings. The molecule has 0 radical (unpaired) electrons. The molecule has 5 heteroatoms. The number of hydrazine groups is 1. The smallest absolute Gasteiger partial charge is 0.228 e. The molecule has 0 saturated carbocycles. The summed E-state index contributed by atoms with van der Waals surface area (Å²) in [7, 11) is 1.82. The minimum Gasteiger partial charge on any atom is -0.326 e. The summed E-state index contributed by atoms with van der Waals surface area (Å²) in [4.78, 5) is 11.2. The van der Waals surface area contributed by atoms with Crippen LogP contribution in [0.5, 0.6) is 0 Å². The minimum absolute atomic E-state index is 0.0452. The Kier molecular flexibility index (Phi) is 2.68. The molecule has 1 aromatic carbocycles. The standard InChI is InChI=1S/C10H14N4O/c1-12-10(14-11)6-2-3-8-7(4-6)5-9(15)13-8/h2-4,10,12,14H,5,11H2,1H3,(H,13,15). The lowest BCUT2D eigenvalue weighted by Gasteiger charge is -2.15. The fourth-order valence-corrected chi connectivity index (χ4v) is 1.78. The van der Waals surface area contributed by atoms with E-state index in [1.54, 1.807) is 0 Å². The van der Waals surface area contributed by atoms with Gasteiger partial charge in [0, 0.05) is 5.69 Å². The zero-order valence-electron chi connectivity index (χ0n) is 8.50. The molecule has 2 rings (SSSR count). The van der Waals surface area contributed by atoms with Gasteiger partial charge >= 0.3 is 0 Å². The van der Waals surface area contributed by atoms with E-state index in [0.29, 0.717) is 6.42 Å². The highest BCUT2D eigenvalue weighted by Gasteiger charge is 2.18. The molecule has 0 fully saturated rings. The van der Waals surface area contributed by atoms with Crippen LogP contribution in [0.15, 0.2) is 18.2 Å². The Bertz CT molecular complexity index is 387. The van der Waals surface area contributed by atoms with E-state index >= 15 is 0 Å². The molecule has 5 nitrogen and oxygen atoms in total. The number of hydrogen-bond donors (Lipinski definition) is 4. The van der Waals surface area contributed by atoms with E-state index in [1.807, 2.05) is 25.2 Å². The number of amides is 1. The number of benzene rings is 1. The van der Waals surface area contributed by atoms with E-state index in [9.17, 15) is 4.79 Å². The Morgan fingerprint density at radius 2 is 2.33 bits per heavy atom. The van der Waals surface area contributed by atoms with Crippen molar-refractivity contribution in [3.8, 4) is 0 Å².